The maximum absolute atomic E-state index is 3.72. The largest absolute Gasteiger partial charge is 0.311 e. The summed E-state index contributed by atoms with van der Waals surface area (Å²) in [4.78, 5) is 2.78. The molecule has 2 aliphatic rings. The van der Waals surface area contributed by atoms with Gasteiger partial charge in [-0.05, 0) is 44.1 Å². The van der Waals surface area contributed by atoms with Gasteiger partial charge in [-0.3, -0.25) is 4.90 Å². The molecule has 0 aromatic carbocycles. The van der Waals surface area contributed by atoms with Crippen LogP contribution in [0.3, 0.4) is 0 Å². The van der Waals surface area contributed by atoms with Gasteiger partial charge in [0.25, 0.3) is 0 Å². The van der Waals surface area contributed by atoms with Crippen molar-refractivity contribution >= 4 is 0 Å². The topological polar surface area (TPSA) is 15.3 Å². The van der Waals surface area contributed by atoms with Gasteiger partial charge in [-0.25, -0.2) is 0 Å². The summed E-state index contributed by atoms with van der Waals surface area (Å²) in [5.74, 6) is 1.85. The lowest BCUT2D eigenvalue weighted by atomic mass is 10.0. The average molecular weight is 224 g/mol. The van der Waals surface area contributed by atoms with E-state index in [2.05, 4.69) is 31.0 Å². The molecule has 1 aliphatic carbocycles. The fraction of sp³-hybridized carbons (Fsp3) is 1.00. The highest BCUT2D eigenvalue weighted by atomic mass is 15.2. The van der Waals surface area contributed by atoms with Crippen molar-refractivity contribution in [1.29, 1.82) is 0 Å². The van der Waals surface area contributed by atoms with E-state index >= 15 is 0 Å². The van der Waals surface area contributed by atoms with Crippen LogP contribution >= 0.6 is 0 Å². The van der Waals surface area contributed by atoms with Crippen molar-refractivity contribution in [3.05, 3.63) is 0 Å². The normalized spacial score (nSPS) is 32.2. The molecule has 2 fully saturated rings. The van der Waals surface area contributed by atoms with Crippen LogP contribution in [0.2, 0.25) is 0 Å². The molecule has 0 aromatic heterocycles. The Labute approximate surface area is 101 Å². The number of hydrogen-bond acceptors (Lipinski definition) is 2. The quantitative estimate of drug-likeness (QED) is 0.772. The Kier molecular flexibility index (Phi) is 4.26. The zero-order chi connectivity index (χ0) is 11.5. The van der Waals surface area contributed by atoms with Gasteiger partial charge in [0.05, 0.1) is 0 Å². The molecular formula is C14H28N2. The SMILES string of the molecule is CCC1CN(CCC(C)C)C(C2CC2)CN1. The van der Waals surface area contributed by atoms with Gasteiger partial charge >= 0.3 is 0 Å². The van der Waals surface area contributed by atoms with E-state index in [1.165, 1.54) is 45.3 Å². The smallest absolute Gasteiger partial charge is 0.0249 e. The Bertz CT molecular complexity index is 211. The third-order valence-electron chi connectivity index (χ3n) is 4.19. The Morgan fingerprint density at radius 3 is 2.62 bits per heavy atom. The summed E-state index contributed by atoms with van der Waals surface area (Å²) in [7, 11) is 0. The van der Waals surface area contributed by atoms with Gasteiger partial charge in [0.15, 0.2) is 0 Å². The molecule has 2 unspecified atom stereocenters. The summed E-state index contributed by atoms with van der Waals surface area (Å²) in [5.41, 5.74) is 0. The van der Waals surface area contributed by atoms with Crippen molar-refractivity contribution in [1.82, 2.24) is 10.2 Å². The van der Waals surface area contributed by atoms with Crippen LogP contribution in [0.5, 0.6) is 0 Å². The number of hydrogen-bond donors (Lipinski definition) is 1. The van der Waals surface area contributed by atoms with Gasteiger partial charge in [0.2, 0.25) is 0 Å². The highest BCUT2D eigenvalue weighted by Crippen LogP contribution is 2.36. The Balaban J connectivity index is 1.86. The van der Waals surface area contributed by atoms with Crippen LogP contribution in [0.1, 0.15) is 46.5 Å². The van der Waals surface area contributed by atoms with Crippen LogP contribution in [-0.4, -0.2) is 36.6 Å². The van der Waals surface area contributed by atoms with E-state index in [0.717, 1.165) is 23.9 Å². The second-order valence-corrected chi connectivity index (χ2v) is 6.10. The second kappa shape index (κ2) is 5.50. The van der Waals surface area contributed by atoms with Crippen LogP contribution in [0.4, 0.5) is 0 Å². The minimum Gasteiger partial charge on any atom is -0.311 e. The molecule has 2 heteroatoms. The van der Waals surface area contributed by atoms with E-state index in [9.17, 15) is 0 Å². The summed E-state index contributed by atoms with van der Waals surface area (Å²) in [6, 6.07) is 1.59. The van der Waals surface area contributed by atoms with Gasteiger partial charge in [0.1, 0.15) is 0 Å². The lowest BCUT2D eigenvalue weighted by molar-refractivity contribution is 0.108. The number of nitrogens with one attached hydrogen (secondary N) is 1. The average Bonchev–Trinajstić information content (AvgIpc) is 3.09. The predicted octanol–water partition coefficient (Wildman–Crippen LogP) is 2.49. The summed E-state index contributed by atoms with van der Waals surface area (Å²) in [5, 5.41) is 3.72. The second-order valence-electron chi connectivity index (χ2n) is 6.10. The maximum Gasteiger partial charge on any atom is 0.0249 e. The lowest BCUT2D eigenvalue weighted by Crippen LogP contribution is -2.57. The van der Waals surface area contributed by atoms with Gasteiger partial charge in [-0.15, -0.1) is 0 Å². The van der Waals surface area contributed by atoms with Crippen molar-refractivity contribution in [3.63, 3.8) is 0 Å². The first-order chi connectivity index (χ1) is 7.70. The molecule has 0 aromatic rings. The molecule has 0 radical (unpaired) electrons. The molecule has 1 aliphatic heterocycles. The minimum atomic E-state index is 0.738. The predicted molar refractivity (Wildman–Crippen MR) is 69.6 cm³/mol. The third kappa shape index (κ3) is 3.21. The van der Waals surface area contributed by atoms with Gasteiger partial charge < -0.3 is 5.32 Å². The molecule has 1 N–H and O–H groups in total. The molecule has 0 spiro atoms. The molecular weight excluding hydrogens is 196 g/mol. The van der Waals surface area contributed by atoms with E-state index in [1.807, 2.05) is 0 Å². The van der Waals surface area contributed by atoms with E-state index in [4.69, 9.17) is 0 Å². The van der Waals surface area contributed by atoms with Gasteiger partial charge in [0, 0.05) is 25.2 Å². The summed E-state index contributed by atoms with van der Waals surface area (Å²) >= 11 is 0. The van der Waals surface area contributed by atoms with Crippen LogP contribution in [-0.2, 0) is 0 Å². The number of nitrogens with zero attached hydrogens (tertiary/aromatic N) is 1. The highest BCUT2D eigenvalue weighted by Gasteiger charge is 2.37. The molecule has 94 valence electrons. The lowest BCUT2D eigenvalue weighted by Gasteiger charge is -2.41. The van der Waals surface area contributed by atoms with Gasteiger partial charge in [-0.2, -0.15) is 0 Å². The highest BCUT2D eigenvalue weighted by molar-refractivity contribution is 4.94. The molecule has 0 bridgehead atoms. The van der Waals surface area contributed by atoms with E-state index in [-0.39, 0.29) is 0 Å². The van der Waals surface area contributed by atoms with Crippen LogP contribution in [0.25, 0.3) is 0 Å². The first-order valence-corrected chi connectivity index (χ1v) is 7.18. The monoisotopic (exact) mass is 224 g/mol. The molecule has 1 saturated carbocycles. The molecule has 1 saturated heterocycles. The van der Waals surface area contributed by atoms with Gasteiger partial charge in [-0.1, -0.05) is 20.8 Å². The third-order valence-corrected chi connectivity index (χ3v) is 4.19. The summed E-state index contributed by atoms with van der Waals surface area (Å²) in [6.45, 7) is 10.8. The Morgan fingerprint density at radius 2 is 2.06 bits per heavy atom. The number of piperazine rings is 1. The molecule has 2 nitrogen and oxygen atoms in total. The molecule has 0 amide bonds. The van der Waals surface area contributed by atoms with E-state index < -0.39 is 0 Å². The Hall–Kier alpha value is -0.0800. The first kappa shape index (κ1) is 12.4. The number of rotatable bonds is 5. The fourth-order valence-corrected chi connectivity index (χ4v) is 2.80. The zero-order valence-electron chi connectivity index (χ0n) is 11.2. The fourth-order valence-electron chi connectivity index (χ4n) is 2.80. The maximum atomic E-state index is 3.72. The molecule has 2 rings (SSSR count). The Morgan fingerprint density at radius 1 is 1.31 bits per heavy atom. The van der Waals surface area contributed by atoms with Crippen LogP contribution in [0.15, 0.2) is 0 Å². The minimum absolute atomic E-state index is 0.738. The van der Waals surface area contributed by atoms with E-state index in [1.54, 1.807) is 0 Å². The van der Waals surface area contributed by atoms with Crippen molar-refractivity contribution < 1.29 is 0 Å². The van der Waals surface area contributed by atoms with Crippen molar-refractivity contribution in [2.75, 3.05) is 19.6 Å². The van der Waals surface area contributed by atoms with Crippen LogP contribution in [0, 0.1) is 11.8 Å². The van der Waals surface area contributed by atoms with Crippen LogP contribution < -0.4 is 5.32 Å². The van der Waals surface area contributed by atoms with Crippen molar-refractivity contribution in [2.45, 2.75) is 58.5 Å². The summed E-state index contributed by atoms with van der Waals surface area (Å²) in [6.07, 6.45) is 5.58. The standard InChI is InChI=1S/C14H28N2/c1-4-13-10-16(8-7-11(2)3)14(9-15-13)12-5-6-12/h11-15H,4-10H2,1-3H3. The first-order valence-electron chi connectivity index (χ1n) is 7.18. The molecule has 16 heavy (non-hydrogen) atoms. The molecule has 2 atom stereocenters. The summed E-state index contributed by atoms with van der Waals surface area (Å²) < 4.78 is 0. The molecule has 1 heterocycles. The van der Waals surface area contributed by atoms with Crippen molar-refractivity contribution in [3.8, 4) is 0 Å². The van der Waals surface area contributed by atoms with Crippen molar-refractivity contribution in [2.24, 2.45) is 11.8 Å². The van der Waals surface area contributed by atoms with E-state index in [0.29, 0.717) is 0 Å². The zero-order valence-corrected chi connectivity index (χ0v) is 11.2.